The standard InChI is InChI=1S/C15H17BrFN3/c1-9-14(12-7-11(16)4-5-13(12)17)15(20-19-9)10-3-2-6-18-8-10/h4-5,7,10,18H,2-3,6,8H2,1H3,(H,19,20). The molecule has 0 spiro atoms. The van der Waals surface area contributed by atoms with Crippen LogP contribution in [0, 0.1) is 12.7 Å². The highest BCUT2D eigenvalue weighted by Gasteiger charge is 2.24. The third-order valence-corrected chi connectivity index (χ3v) is 4.35. The Morgan fingerprint density at radius 1 is 1.40 bits per heavy atom. The first-order valence-electron chi connectivity index (χ1n) is 6.88. The van der Waals surface area contributed by atoms with E-state index in [1.54, 1.807) is 6.07 Å². The summed E-state index contributed by atoms with van der Waals surface area (Å²) in [7, 11) is 0. The van der Waals surface area contributed by atoms with Crippen LogP contribution in [0.4, 0.5) is 4.39 Å². The third-order valence-electron chi connectivity index (χ3n) is 3.86. The van der Waals surface area contributed by atoms with Crippen LogP contribution in [0.2, 0.25) is 0 Å². The molecule has 2 aromatic rings. The number of H-pyrrole nitrogens is 1. The van der Waals surface area contributed by atoms with Gasteiger partial charge >= 0.3 is 0 Å². The van der Waals surface area contributed by atoms with Crippen LogP contribution >= 0.6 is 15.9 Å². The average Bonchev–Trinajstić information content (AvgIpc) is 2.84. The van der Waals surface area contributed by atoms with Crippen molar-refractivity contribution in [2.24, 2.45) is 0 Å². The second kappa shape index (κ2) is 5.66. The fourth-order valence-electron chi connectivity index (χ4n) is 2.86. The Kier molecular flexibility index (Phi) is 3.89. The molecule has 1 fully saturated rings. The van der Waals surface area contributed by atoms with Crippen molar-refractivity contribution in [1.29, 1.82) is 0 Å². The fraction of sp³-hybridized carbons (Fsp3) is 0.400. The maximum absolute atomic E-state index is 14.2. The summed E-state index contributed by atoms with van der Waals surface area (Å²) in [6, 6.07) is 5.04. The number of hydrogen-bond acceptors (Lipinski definition) is 2. The number of nitrogens with one attached hydrogen (secondary N) is 2. The second-order valence-corrected chi connectivity index (χ2v) is 6.19. The molecule has 0 bridgehead atoms. The molecule has 106 valence electrons. The predicted octanol–water partition coefficient (Wildman–Crippen LogP) is 3.75. The van der Waals surface area contributed by atoms with Crippen molar-refractivity contribution in [2.75, 3.05) is 13.1 Å². The van der Waals surface area contributed by atoms with Gasteiger partial charge < -0.3 is 5.32 Å². The second-order valence-electron chi connectivity index (χ2n) is 5.28. The number of benzene rings is 1. The lowest BCUT2D eigenvalue weighted by Gasteiger charge is -2.22. The van der Waals surface area contributed by atoms with Gasteiger partial charge in [-0.3, -0.25) is 5.10 Å². The summed E-state index contributed by atoms with van der Waals surface area (Å²) in [5.41, 5.74) is 3.43. The normalized spacial score (nSPS) is 19.2. The highest BCUT2D eigenvalue weighted by molar-refractivity contribution is 9.10. The van der Waals surface area contributed by atoms with Crippen molar-refractivity contribution in [2.45, 2.75) is 25.7 Å². The number of hydrogen-bond donors (Lipinski definition) is 2. The number of aromatic nitrogens is 2. The number of piperidine rings is 1. The van der Waals surface area contributed by atoms with Crippen LogP contribution in [-0.2, 0) is 0 Å². The zero-order chi connectivity index (χ0) is 14.1. The van der Waals surface area contributed by atoms with Gasteiger partial charge in [0.1, 0.15) is 5.82 Å². The Balaban J connectivity index is 2.08. The monoisotopic (exact) mass is 337 g/mol. The molecule has 20 heavy (non-hydrogen) atoms. The van der Waals surface area contributed by atoms with E-state index in [9.17, 15) is 4.39 Å². The van der Waals surface area contributed by atoms with E-state index in [0.717, 1.165) is 47.4 Å². The lowest BCUT2D eigenvalue weighted by atomic mass is 9.90. The molecule has 2 N–H and O–H groups in total. The van der Waals surface area contributed by atoms with Gasteiger partial charge in [0.15, 0.2) is 0 Å². The van der Waals surface area contributed by atoms with E-state index in [1.165, 1.54) is 6.07 Å². The zero-order valence-electron chi connectivity index (χ0n) is 11.3. The highest BCUT2D eigenvalue weighted by atomic mass is 79.9. The molecule has 3 rings (SSSR count). The van der Waals surface area contributed by atoms with Crippen molar-refractivity contribution in [3.05, 3.63) is 39.9 Å². The number of aryl methyl sites for hydroxylation is 1. The van der Waals surface area contributed by atoms with Gasteiger partial charge in [0.25, 0.3) is 0 Å². The summed E-state index contributed by atoms with van der Waals surface area (Å²) >= 11 is 3.42. The van der Waals surface area contributed by atoms with Crippen molar-refractivity contribution in [3.63, 3.8) is 0 Å². The molecular formula is C15H17BrFN3. The summed E-state index contributed by atoms with van der Waals surface area (Å²) in [4.78, 5) is 0. The molecule has 0 radical (unpaired) electrons. The molecule has 1 aromatic carbocycles. The minimum absolute atomic E-state index is 0.206. The fourth-order valence-corrected chi connectivity index (χ4v) is 3.22. The van der Waals surface area contributed by atoms with E-state index < -0.39 is 0 Å². The molecule has 1 aliphatic heterocycles. The Bertz CT molecular complexity index is 618. The van der Waals surface area contributed by atoms with Gasteiger partial charge in [0, 0.05) is 33.8 Å². The third kappa shape index (κ3) is 2.52. The molecule has 1 aliphatic rings. The van der Waals surface area contributed by atoms with Gasteiger partial charge in [0.2, 0.25) is 0 Å². The Hall–Kier alpha value is -1.20. The summed E-state index contributed by atoms with van der Waals surface area (Å²) in [6.07, 6.45) is 2.23. The van der Waals surface area contributed by atoms with Crippen LogP contribution in [0.5, 0.6) is 0 Å². The molecule has 3 nitrogen and oxygen atoms in total. The van der Waals surface area contributed by atoms with Gasteiger partial charge in [-0.25, -0.2) is 4.39 Å². The highest BCUT2D eigenvalue weighted by Crippen LogP contribution is 2.35. The molecule has 1 aromatic heterocycles. The van der Waals surface area contributed by atoms with E-state index in [0.29, 0.717) is 11.5 Å². The van der Waals surface area contributed by atoms with Crippen LogP contribution in [-0.4, -0.2) is 23.3 Å². The van der Waals surface area contributed by atoms with Gasteiger partial charge in [-0.2, -0.15) is 5.10 Å². The lowest BCUT2D eigenvalue weighted by Crippen LogP contribution is -2.28. The summed E-state index contributed by atoms with van der Waals surface area (Å²) in [6.45, 7) is 3.91. The maximum Gasteiger partial charge on any atom is 0.131 e. The van der Waals surface area contributed by atoms with E-state index in [1.807, 2.05) is 13.0 Å². The topological polar surface area (TPSA) is 40.7 Å². The summed E-state index contributed by atoms with van der Waals surface area (Å²) < 4.78 is 15.1. The van der Waals surface area contributed by atoms with E-state index in [4.69, 9.17) is 0 Å². The molecule has 0 aliphatic carbocycles. The van der Waals surface area contributed by atoms with E-state index >= 15 is 0 Å². The van der Waals surface area contributed by atoms with Gasteiger partial charge in [-0.05, 0) is 44.5 Å². The average molecular weight is 338 g/mol. The molecule has 5 heteroatoms. The van der Waals surface area contributed by atoms with Crippen LogP contribution in [0.25, 0.3) is 11.1 Å². The van der Waals surface area contributed by atoms with Crippen LogP contribution in [0.15, 0.2) is 22.7 Å². The minimum atomic E-state index is -0.206. The Morgan fingerprint density at radius 3 is 3.00 bits per heavy atom. The predicted molar refractivity (Wildman–Crippen MR) is 81.3 cm³/mol. The van der Waals surface area contributed by atoms with Crippen LogP contribution in [0.1, 0.15) is 30.1 Å². The first-order chi connectivity index (χ1) is 9.66. The molecule has 1 atom stereocenters. The van der Waals surface area contributed by atoms with Crippen molar-refractivity contribution in [1.82, 2.24) is 15.5 Å². The quantitative estimate of drug-likeness (QED) is 0.876. The first kappa shape index (κ1) is 13.8. The molecule has 2 heterocycles. The summed E-state index contributed by atoms with van der Waals surface area (Å²) in [5.74, 6) is 0.143. The molecular weight excluding hydrogens is 321 g/mol. The molecule has 1 unspecified atom stereocenters. The number of nitrogens with zero attached hydrogens (tertiary/aromatic N) is 1. The smallest absolute Gasteiger partial charge is 0.131 e. The summed E-state index contributed by atoms with van der Waals surface area (Å²) in [5, 5.41) is 10.8. The number of aromatic amines is 1. The van der Waals surface area contributed by atoms with Crippen molar-refractivity contribution < 1.29 is 4.39 Å². The zero-order valence-corrected chi connectivity index (χ0v) is 12.9. The minimum Gasteiger partial charge on any atom is -0.316 e. The molecule has 1 saturated heterocycles. The van der Waals surface area contributed by atoms with Crippen molar-refractivity contribution >= 4 is 15.9 Å². The Labute approximate surface area is 126 Å². The lowest BCUT2D eigenvalue weighted by molar-refractivity contribution is 0.454. The first-order valence-corrected chi connectivity index (χ1v) is 7.67. The van der Waals surface area contributed by atoms with Crippen LogP contribution < -0.4 is 5.32 Å². The van der Waals surface area contributed by atoms with Crippen molar-refractivity contribution in [3.8, 4) is 11.1 Å². The van der Waals surface area contributed by atoms with Gasteiger partial charge in [0.05, 0.1) is 5.69 Å². The molecule has 0 amide bonds. The van der Waals surface area contributed by atoms with Gasteiger partial charge in [-0.1, -0.05) is 15.9 Å². The Morgan fingerprint density at radius 2 is 2.25 bits per heavy atom. The molecule has 0 saturated carbocycles. The number of rotatable bonds is 2. The van der Waals surface area contributed by atoms with E-state index in [2.05, 4.69) is 31.4 Å². The largest absolute Gasteiger partial charge is 0.316 e. The maximum atomic E-state index is 14.2. The van der Waals surface area contributed by atoms with E-state index in [-0.39, 0.29) is 5.82 Å². The SMILES string of the molecule is Cc1[nH]nc(C2CCCNC2)c1-c1cc(Br)ccc1F. The van der Waals surface area contributed by atoms with Crippen LogP contribution in [0.3, 0.4) is 0 Å². The van der Waals surface area contributed by atoms with Gasteiger partial charge in [-0.15, -0.1) is 0 Å². The number of halogens is 2.